The SMILES string of the molecule is C1CC2CCC1C2.Cl.N#Cc1cc(F)ccc1[N+](=O)[O-].N#Cc1cc(N2C3CCC2CC3)ccc1N.N#Cc1cc(N2C3CCC2CC3)ccc1[N+](=O)[O-]. The Morgan fingerprint density at radius 3 is 1.33 bits per heavy atom. The number of nitrogens with zero attached hydrogens (tertiary/aromatic N) is 7. The minimum absolute atomic E-state index is 0. The maximum Gasteiger partial charge on any atom is 0.287 e. The Morgan fingerprint density at radius 2 is 0.963 bits per heavy atom. The molecule has 54 heavy (non-hydrogen) atoms. The third kappa shape index (κ3) is 8.67. The zero-order valence-corrected chi connectivity index (χ0v) is 30.8. The molecule has 4 heterocycles. The first-order chi connectivity index (χ1) is 25.6. The van der Waals surface area contributed by atoms with Crippen LogP contribution in [-0.4, -0.2) is 34.0 Å². The number of halogens is 2. The molecule has 6 aliphatic rings. The van der Waals surface area contributed by atoms with Crippen LogP contribution < -0.4 is 15.5 Å². The normalized spacial score (nSPS) is 24.6. The van der Waals surface area contributed by atoms with Crippen molar-refractivity contribution in [3.63, 3.8) is 0 Å². The summed E-state index contributed by atoms with van der Waals surface area (Å²) >= 11 is 0. The van der Waals surface area contributed by atoms with E-state index in [4.69, 9.17) is 21.5 Å². The zero-order chi connectivity index (χ0) is 37.6. The Hall–Kier alpha value is -5.45. The molecule has 9 rings (SSSR count). The summed E-state index contributed by atoms with van der Waals surface area (Å²) in [6, 6.07) is 21.6. The minimum atomic E-state index is -0.724. The van der Waals surface area contributed by atoms with Crippen LogP contribution >= 0.6 is 12.4 Å². The van der Waals surface area contributed by atoms with E-state index in [1.807, 2.05) is 24.3 Å². The third-order valence-corrected chi connectivity index (χ3v) is 11.9. The number of anilines is 3. The van der Waals surface area contributed by atoms with Gasteiger partial charge in [-0.3, -0.25) is 20.2 Å². The second kappa shape index (κ2) is 17.6. The summed E-state index contributed by atoms with van der Waals surface area (Å²) in [6.45, 7) is 0. The summed E-state index contributed by atoms with van der Waals surface area (Å²) < 4.78 is 12.4. The molecule has 2 saturated carbocycles. The van der Waals surface area contributed by atoms with Gasteiger partial charge in [0.25, 0.3) is 11.4 Å². The number of nitro benzene ring substituents is 2. The highest BCUT2D eigenvalue weighted by Gasteiger charge is 2.40. The Labute approximate surface area is 320 Å². The van der Waals surface area contributed by atoms with E-state index in [1.54, 1.807) is 44.2 Å². The molecule has 0 unspecified atom stereocenters. The number of hydrogen-bond acceptors (Lipinski definition) is 10. The standard InChI is InChI=1S/C13H13N3O2.C13H15N3.C7H3FN2O2.C7H12.ClH/c14-8-9-7-12(5-6-13(9)16(17)18)15-10-1-2-11(15)4-3-10;14-8-9-7-12(5-6-13(9)15)16-10-1-2-11(16)4-3-10;8-6-1-2-7(10(11)12)5(3-6)4-9;1-2-7-4-3-6(1)5-7;/h5-7,10-11H,1-4H2;5-7,10-11H,1-4,15H2;1-3H;6-7H,1-5H2;1H. The van der Waals surface area contributed by atoms with Crippen molar-refractivity contribution in [3.8, 4) is 18.2 Å². The number of benzene rings is 3. The molecule has 0 spiro atoms. The summed E-state index contributed by atoms with van der Waals surface area (Å²) in [6.07, 6.45) is 17.8. The smallest absolute Gasteiger partial charge is 0.287 e. The van der Waals surface area contributed by atoms with Crippen molar-refractivity contribution in [2.75, 3.05) is 15.5 Å². The molecule has 6 fully saturated rings. The van der Waals surface area contributed by atoms with Crippen molar-refractivity contribution < 1.29 is 14.2 Å². The first-order valence-electron chi connectivity index (χ1n) is 18.5. The van der Waals surface area contributed by atoms with Crippen LogP contribution in [0.1, 0.15) is 100 Å². The van der Waals surface area contributed by atoms with E-state index >= 15 is 0 Å². The quantitative estimate of drug-likeness (QED) is 0.153. The minimum Gasteiger partial charge on any atom is -0.398 e. The van der Waals surface area contributed by atoms with E-state index in [0.29, 0.717) is 35.4 Å². The first-order valence-corrected chi connectivity index (χ1v) is 18.5. The average Bonchev–Trinajstić information content (AvgIpc) is 4.06. The van der Waals surface area contributed by atoms with E-state index in [1.165, 1.54) is 81.0 Å². The molecule has 0 atom stereocenters. The third-order valence-electron chi connectivity index (χ3n) is 11.9. The highest BCUT2D eigenvalue weighted by atomic mass is 35.5. The highest BCUT2D eigenvalue weighted by Crippen LogP contribution is 2.44. The number of nitriles is 3. The van der Waals surface area contributed by atoms with Crippen molar-refractivity contribution >= 4 is 40.8 Å². The van der Waals surface area contributed by atoms with E-state index in [9.17, 15) is 24.6 Å². The van der Waals surface area contributed by atoms with Gasteiger partial charge < -0.3 is 15.5 Å². The van der Waals surface area contributed by atoms with Crippen LogP contribution in [0.2, 0.25) is 0 Å². The van der Waals surface area contributed by atoms with Gasteiger partial charge in [0, 0.05) is 53.4 Å². The van der Waals surface area contributed by atoms with Gasteiger partial charge >= 0.3 is 0 Å². The molecule has 0 radical (unpaired) electrons. The second-order valence-electron chi connectivity index (χ2n) is 14.8. The van der Waals surface area contributed by atoms with Gasteiger partial charge in [-0.15, -0.1) is 12.4 Å². The molecule has 2 N–H and O–H groups in total. The van der Waals surface area contributed by atoms with Crippen molar-refractivity contribution in [3.05, 3.63) is 97.3 Å². The van der Waals surface area contributed by atoms with Gasteiger partial charge in [-0.1, -0.05) is 25.7 Å². The summed E-state index contributed by atoms with van der Waals surface area (Å²) in [4.78, 5) is 24.6. The molecule has 6 bridgehead atoms. The van der Waals surface area contributed by atoms with Crippen molar-refractivity contribution in [2.45, 2.75) is 108 Å². The maximum atomic E-state index is 12.4. The van der Waals surface area contributed by atoms with Gasteiger partial charge in [-0.25, -0.2) is 4.39 Å². The number of nitrogen functional groups attached to an aromatic ring is 1. The predicted molar refractivity (Wildman–Crippen MR) is 206 cm³/mol. The lowest BCUT2D eigenvalue weighted by atomic mass is 10.0. The first kappa shape index (κ1) is 39.8. The van der Waals surface area contributed by atoms with Crippen LogP contribution in [0.4, 0.5) is 32.8 Å². The van der Waals surface area contributed by atoms with E-state index < -0.39 is 15.7 Å². The largest absolute Gasteiger partial charge is 0.398 e. The number of hydrogen-bond donors (Lipinski definition) is 1. The molecular weight excluding hydrogens is 711 g/mol. The molecule has 4 saturated heterocycles. The molecule has 2 aliphatic carbocycles. The average molecular weight is 755 g/mol. The Balaban J connectivity index is 0.000000144. The molecule has 3 aromatic rings. The predicted octanol–water partition coefficient (Wildman–Crippen LogP) is 9.09. The Kier molecular flexibility index (Phi) is 12.9. The van der Waals surface area contributed by atoms with Gasteiger partial charge in [0.05, 0.1) is 15.4 Å². The topological polar surface area (TPSA) is 190 Å². The van der Waals surface area contributed by atoms with Crippen LogP contribution in [-0.2, 0) is 0 Å². The molecule has 0 amide bonds. The number of nitrogens with two attached hydrogens (primary N) is 1. The second-order valence-corrected chi connectivity index (χ2v) is 14.8. The zero-order valence-electron chi connectivity index (χ0n) is 30.0. The Bertz CT molecular complexity index is 1940. The monoisotopic (exact) mass is 754 g/mol. The van der Waals surface area contributed by atoms with Crippen LogP contribution in [0.25, 0.3) is 0 Å². The van der Waals surface area contributed by atoms with Crippen LogP contribution in [0.15, 0.2) is 54.6 Å². The molecule has 282 valence electrons. The highest BCUT2D eigenvalue weighted by molar-refractivity contribution is 5.85. The molecule has 14 heteroatoms. The van der Waals surface area contributed by atoms with Gasteiger partial charge in [-0.2, -0.15) is 15.8 Å². The fourth-order valence-corrected chi connectivity index (χ4v) is 9.34. The lowest BCUT2D eigenvalue weighted by Gasteiger charge is -2.24. The molecule has 0 aromatic heterocycles. The lowest BCUT2D eigenvalue weighted by molar-refractivity contribution is -0.385. The van der Waals surface area contributed by atoms with Gasteiger partial charge in [0.2, 0.25) is 0 Å². The van der Waals surface area contributed by atoms with E-state index in [-0.39, 0.29) is 34.9 Å². The number of fused-ring (bicyclic) bond motifs is 6. The fourth-order valence-electron chi connectivity index (χ4n) is 9.34. The summed E-state index contributed by atoms with van der Waals surface area (Å²) in [7, 11) is 0. The number of rotatable bonds is 4. The lowest BCUT2D eigenvalue weighted by Crippen LogP contribution is -2.27. The molecule has 3 aromatic carbocycles. The number of nitro groups is 2. The van der Waals surface area contributed by atoms with Gasteiger partial charge in [-0.05, 0) is 112 Å². The van der Waals surface area contributed by atoms with Crippen molar-refractivity contribution in [1.82, 2.24) is 0 Å². The van der Waals surface area contributed by atoms with Crippen LogP contribution in [0.3, 0.4) is 0 Å². The van der Waals surface area contributed by atoms with Crippen molar-refractivity contribution in [1.29, 1.82) is 15.8 Å². The van der Waals surface area contributed by atoms with Gasteiger partial charge in [0.1, 0.15) is 35.2 Å². The maximum absolute atomic E-state index is 12.4. The summed E-state index contributed by atoms with van der Waals surface area (Å²) in [5, 5.41) is 47.4. The van der Waals surface area contributed by atoms with E-state index in [0.717, 1.165) is 23.9 Å². The van der Waals surface area contributed by atoms with Gasteiger partial charge in [0.15, 0.2) is 0 Å². The molecular formula is C40H44ClFN8O4. The summed E-state index contributed by atoms with van der Waals surface area (Å²) in [5.74, 6) is 1.69. The van der Waals surface area contributed by atoms with E-state index in [2.05, 4.69) is 15.9 Å². The van der Waals surface area contributed by atoms with Crippen molar-refractivity contribution in [2.24, 2.45) is 11.8 Å². The van der Waals surface area contributed by atoms with Crippen LogP contribution in [0.5, 0.6) is 0 Å². The van der Waals surface area contributed by atoms with Crippen LogP contribution in [0, 0.1) is 71.9 Å². The molecule has 4 aliphatic heterocycles. The fraction of sp³-hybridized carbons (Fsp3) is 0.475. The summed E-state index contributed by atoms with van der Waals surface area (Å²) in [5.41, 5.74) is 8.47. The molecule has 12 nitrogen and oxygen atoms in total. The Morgan fingerprint density at radius 1 is 0.593 bits per heavy atom.